The topological polar surface area (TPSA) is 88.4 Å². The Labute approximate surface area is 106 Å². The number of hydrogen-bond acceptors (Lipinski definition) is 3. The van der Waals surface area contributed by atoms with Crippen LogP contribution in [0.3, 0.4) is 0 Å². The van der Waals surface area contributed by atoms with Gasteiger partial charge in [0.2, 0.25) is 10.0 Å². The summed E-state index contributed by atoms with van der Waals surface area (Å²) in [6.07, 6.45) is 4.51. The number of aromatic carboxylic acids is 1. The molecule has 0 radical (unpaired) electrons. The quantitative estimate of drug-likeness (QED) is 0.801. The van der Waals surface area contributed by atoms with E-state index in [0.29, 0.717) is 12.5 Å². The van der Waals surface area contributed by atoms with E-state index >= 15 is 0 Å². The lowest BCUT2D eigenvalue weighted by Gasteiger charge is -2.03. The summed E-state index contributed by atoms with van der Waals surface area (Å²) in [5, 5.41) is 8.87. The highest BCUT2D eigenvalue weighted by Crippen LogP contribution is 2.31. The minimum atomic E-state index is -3.60. The van der Waals surface area contributed by atoms with Crippen LogP contribution in [0.4, 0.5) is 0 Å². The van der Waals surface area contributed by atoms with Crippen molar-refractivity contribution < 1.29 is 18.3 Å². The molecular formula is C11H16N2O4S. The monoisotopic (exact) mass is 272 g/mol. The number of sulfonamides is 1. The molecule has 1 aliphatic rings. The van der Waals surface area contributed by atoms with Crippen LogP contribution in [0.2, 0.25) is 0 Å². The van der Waals surface area contributed by atoms with Crippen LogP contribution < -0.4 is 4.72 Å². The first-order valence-electron chi connectivity index (χ1n) is 5.79. The van der Waals surface area contributed by atoms with E-state index in [4.69, 9.17) is 5.11 Å². The van der Waals surface area contributed by atoms with Crippen molar-refractivity contribution in [2.75, 3.05) is 6.54 Å². The first-order chi connectivity index (χ1) is 8.40. The van der Waals surface area contributed by atoms with Crippen molar-refractivity contribution in [1.82, 2.24) is 9.29 Å². The number of aryl methyl sites for hydroxylation is 1. The second-order valence-corrected chi connectivity index (χ2v) is 6.37. The Morgan fingerprint density at radius 3 is 2.72 bits per heavy atom. The van der Waals surface area contributed by atoms with E-state index < -0.39 is 16.0 Å². The number of rotatable bonds is 6. The molecule has 0 amide bonds. The Morgan fingerprint density at radius 2 is 2.22 bits per heavy atom. The zero-order valence-electron chi connectivity index (χ0n) is 10.1. The van der Waals surface area contributed by atoms with Crippen LogP contribution in [0, 0.1) is 5.92 Å². The van der Waals surface area contributed by atoms with E-state index in [9.17, 15) is 13.2 Å². The molecule has 0 aromatic carbocycles. The molecule has 18 heavy (non-hydrogen) atoms. The molecule has 1 fully saturated rings. The average molecular weight is 272 g/mol. The first-order valence-corrected chi connectivity index (χ1v) is 7.28. The second kappa shape index (κ2) is 4.74. The summed E-state index contributed by atoms with van der Waals surface area (Å²) in [6, 6.07) is 1.17. The number of nitrogens with one attached hydrogen (secondary N) is 1. The largest absolute Gasteiger partial charge is 0.477 e. The van der Waals surface area contributed by atoms with Gasteiger partial charge in [0.25, 0.3) is 0 Å². The van der Waals surface area contributed by atoms with Crippen molar-refractivity contribution >= 4 is 16.0 Å². The number of carboxylic acid groups (broad SMARTS) is 1. The predicted octanol–water partition coefficient (Wildman–Crippen LogP) is 0.802. The predicted molar refractivity (Wildman–Crippen MR) is 64.9 cm³/mol. The molecule has 100 valence electrons. The van der Waals surface area contributed by atoms with E-state index in [2.05, 4.69) is 4.72 Å². The lowest BCUT2D eigenvalue weighted by atomic mass is 10.3. The Bertz CT molecular complexity index is 558. The number of hydrogen-bond donors (Lipinski definition) is 2. The van der Waals surface area contributed by atoms with Crippen molar-refractivity contribution in [2.45, 2.75) is 24.2 Å². The Morgan fingerprint density at radius 1 is 1.56 bits per heavy atom. The van der Waals surface area contributed by atoms with Crippen LogP contribution in [0.1, 0.15) is 29.8 Å². The lowest BCUT2D eigenvalue weighted by Crippen LogP contribution is -2.24. The molecule has 6 nitrogen and oxygen atoms in total. The Balaban J connectivity index is 2.08. The van der Waals surface area contributed by atoms with Crippen LogP contribution in [0.15, 0.2) is 17.2 Å². The summed E-state index contributed by atoms with van der Waals surface area (Å²) in [6.45, 7) is 0.407. The summed E-state index contributed by atoms with van der Waals surface area (Å²) in [4.78, 5) is 10.8. The van der Waals surface area contributed by atoms with Gasteiger partial charge in [0.1, 0.15) is 10.6 Å². The van der Waals surface area contributed by atoms with Gasteiger partial charge in [-0.25, -0.2) is 17.9 Å². The highest BCUT2D eigenvalue weighted by molar-refractivity contribution is 7.89. The molecule has 1 aliphatic carbocycles. The zero-order valence-corrected chi connectivity index (χ0v) is 10.9. The number of nitrogens with zero attached hydrogens (tertiary/aromatic N) is 1. The normalized spacial score (nSPS) is 15.8. The molecule has 2 N–H and O–H groups in total. The van der Waals surface area contributed by atoms with E-state index in [1.54, 1.807) is 0 Å². The molecule has 1 aromatic heterocycles. The first kappa shape index (κ1) is 13.1. The Kier molecular flexibility index (Phi) is 3.45. The third-order valence-electron chi connectivity index (χ3n) is 3.05. The van der Waals surface area contributed by atoms with Crippen LogP contribution in [-0.4, -0.2) is 30.6 Å². The Hall–Kier alpha value is -1.34. The molecule has 0 spiro atoms. The van der Waals surface area contributed by atoms with Gasteiger partial charge >= 0.3 is 5.97 Å². The minimum absolute atomic E-state index is 0.00167. The van der Waals surface area contributed by atoms with Crippen molar-refractivity contribution in [2.24, 2.45) is 13.0 Å². The molecule has 0 aliphatic heterocycles. The summed E-state index contributed by atoms with van der Waals surface area (Å²) in [5.41, 5.74) is -0.0439. The van der Waals surface area contributed by atoms with Gasteiger partial charge < -0.3 is 9.67 Å². The van der Waals surface area contributed by atoms with E-state index in [0.717, 1.165) is 6.42 Å². The van der Waals surface area contributed by atoms with Gasteiger partial charge in [0.15, 0.2) is 0 Å². The molecule has 2 rings (SSSR count). The summed E-state index contributed by atoms with van der Waals surface area (Å²) < 4.78 is 27.6. The van der Waals surface area contributed by atoms with Gasteiger partial charge in [-0.1, -0.05) is 12.8 Å². The minimum Gasteiger partial charge on any atom is -0.477 e. The number of aromatic nitrogens is 1. The van der Waals surface area contributed by atoms with Gasteiger partial charge in [-0.05, 0) is 18.4 Å². The van der Waals surface area contributed by atoms with Crippen molar-refractivity contribution in [3.63, 3.8) is 0 Å². The molecule has 1 heterocycles. The average Bonchev–Trinajstić information content (AvgIpc) is 2.98. The lowest BCUT2D eigenvalue weighted by molar-refractivity contribution is 0.0686. The van der Waals surface area contributed by atoms with Crippen molar-refractivity contribution in [3.8, 4) is 0 Å². The second-order valence-electron chi connectivity index (χ2n) is 4.61. The fourth-order valence-electron chi connectivity index (χ4n) is 1.78. The summed E-state index contributed by atoms with van der Waals surface area (Å²) >= 11 is 0. The SMILES string of the molecule is Cn1cc(S(=O)(=O)NCCC2CC2)cc1C(=O)O. The summed E-state index contributed by atoms with van der Waals surface area (Å²) in [5.74, 6) is -0.491. The molecule has 0 unspecified atom stereocenters. The molecule has 0 atom stereocenters. The maximum atomic E-state index is 11.9. The molecule has 7 heteroatoms. The third-order valence-corrected chi connectivity index (χ3v) is 4.48. The van der Waals surface area contributed by atoms with Crippen molar-refractivity contribution in [1.29, 1.82) is 0 Å². The molecular weight excluding hydrogens is 256 g/mol. The van der Waals surface area contributed by atoms with Crippen LogP contribution >= 0.6 is 0 Å². The molecule has 0 saturated heterocycles. The van der Waals surface area contributed by atoms with Gasteiger partial charge in [-0.15, -0.1) is 0 Å². The third kappa shape index (κ3) is 2.91. The fourth-order valence-corrected chi connectivity index (χ4v) is 2.90. The van der Waals surface area contributed by atoms with E-state index in [1.165, 1.54) is 36.7 Å². The standard InChI is InChI=1S/C11H16N2O4S/c1-13-7-9(6-10(13)11(14)15)18(16,17)12-5-4-8-2-3-8/h6-8,12H,2-5H2,1H3,(H,14,15). The van der Waals surface area contributed by atoms with Crippen LogP contribution in [0.25, 0.3) is 0 Å². The van der Waals surface area contributed by atoms with Crippen LogP contribution in [-0.2, 0) is 17.1 Å². The highest BCUT2D eigenvalue weighted by atomic mass is 32.2. The van der Waals surface area contributed by atoms with Gasteiger partial charge in [-0.3, -0.25) is 0 Å². The van der Waals surface area contributed by atoms with Gasteiger partial charge in [0, 0.05) is 19.8 Å². The molecule has 1 aromatic rings. The van der Waals surface area contributed by atoms with Crippen molar-refractivity contribution in [3.05, 3.63) is 18.0 Å². The van der Waals surface area contributed by atoms with Gasteiger partial charge in [0.05, 0.1) is 0 Å². The molecule has 1 saturated carbocycles. The van der Waals surface area contributed by atoms with Crippen LogP contribution in [0.5, 0.6) is 0 Å². The maximum absolute atomic E-state index is 11.9. The summed E-state index contributed by atoms with van der Waals surface area (Å²) in [7, 11) is -2.09. The zero-order chi connectivity index (χ0) is 13.3. The maximum Gasteiger partial charge on any atom is 0.352 e. The number of carboxylic acids is 1. The molecule has 0 bridgehead atoms. The van der Waals surface area contributed by atoms with Gasteiger partial charge in [-0.2, -0.15) is 0 Å². The fraction of sp³-hybridized carbons (Fsp3) is 0.545. The van der Waals surface area contributed by atoms with E-state index in [-0.39, 0.29) is 10.6 Å². The number of carbonyl (C=O) groups is 1. The smallest absolute Gasteiger partial charge is 0.352 e. The van der Waals surface area contributed by atoms with E-state index in [1.807, 2.05) is 0 Å². The highest BCUT2D eigenvalue weighted by Gasteiger charge is 2.23.